The molecule has 0 unspecified atom stereocenters. The Kier molecular flexibility index (Phi) is 20.9. The first-order chi connectivity index (χ1) is 33.4. The summed E-state index contributed by atoms with van der Waals surface area (Å²) < 4.78 is 22.8. The van der Waals surface area contributed by atoms with Gasteiger partial charge < -0.3 is 35.2 Å². The van der Waals surface area contributed by atoms with E-state index in [0.717, 1.165) is 64.8 Å². The van der Waals surface area contributed by atoms with E-state index in [1.165, 1.54) is 0 Å². The molecule has 1 heterocycles. The van der Waals surface area contributed by atoms with Gasteiger partial charge in [0, 0.05) is 65.4 Å². The quantitative estimate of drug-likeness (QED) is 0.0133. The Balaban J connectivity index is 0.861. The summed E-state index contributed by atoms with van der Waals surface area (Å²) >= 11 is 0.802. The van der Waals surface area contributed by atoms with Crippen molar-refractivity contribution in [3.05, 3.63) is 162 Å². The SMILES string of the molecule is O=C(O)CCc1c(OCCCCCOc2cc(-c3ccccc3)cc(-c3ccccc3)n2)cccc1OCCCC(=O)NCCCNC(=O)c1ccc(CN=Cc2ccccc2SOO[O-])cc1. The first kappa shape index (κ1) is 50.4. The van der Waals surface area contributed by atoms with E-state index in [2.05, 4.69) is 43.2 Å². The van der Waals surface area contributed by atoms with Crippen molar-refractivity contribution in [2.45, 2.75) is 62.8 Å². The molecule has 2 amide bonds. The molecule has 6 rings (SSSR count). The van der Waals surface area contributed by atoms with Gasteiger partial charge in [0.1, 0.15) is 11.5 Å². The standard InChI is InChI=1S/C53H56N4O10S/c58-50(55-30-14-31-56-53(61)42-26-24-39(25-27-42)37-54-38-43-19-8-9-22-49(43)68-67-66-62)23-13-34-64-48-21-12-20-47(45(48)28-29-52(59)60)63-32-10-3-11-33-65-51-36-44(40-15-4-1-5-16-40)35-46(57-51)41-17-6-2-7-18-41/h1-2,4-9,12,15-22,24-27,35-36,38,62H,3,10-11,13-14,23,28-34,37H2,(H,55,58)(H,56,61)(H,59,60)/p-1. The summed E-state index contributed by atoms with van der Waals surface area (Å²) in [6.07, 6.45) is 5.50. The lowest BCUT2D eigenvalue weighted by molar-refractivity contribution is -0.777. The zero-order chi connectivity index (χ0) is 47.6. The highest BCUT2D eigenvalue weighted by Gasteiger charge is 2.14. The minimum atomic E-state index is -0.921. The number of ether oxygens (including phenoxy) is 3. The van der Waals surface area contributed by atoms with Gasteiger partial charge in [-0.15, -0.1) is 0 Å². The molecule has 0 fully saturated rings. The van der Waals surface area contributed by atoms with Gasteiger partial charge in [0.2, 0.25) is 11.8 Å². The van der Waals surface area contributed by atoms with Crippen molar-refractivity contribution in [3.63, 3.8) is 0 Å². The summed E-state index contributed by atoms with van der Waals surface area (Å²) in [5.74, 6) is 0.419. The normalized spacial score (nSPS) is 11.0. The van der Waals surface area contributed by atoms with Crippen LogP contribution < -0.4 is 30.1 Å². The van der Waals surface area contributed by atoms with Crippen molar-refractivity contribution in [2.75, 3.05) is 32.9 Å². The molecule has 0 spiro atoms. The van der Waals surface area contributed by atoms with Gasteiger partial charge in [-0.1, -0.05) is 97.1 Å². The highest BCUT2D eigenvalue weighted by molar-refractivity contribution is 7.94. The van der Waals surface area contributed by atoms with Crippen molar-refractivity contribution >= 4 is 36.0 Å². The number of unbranched alkanes of at least 4 members (excludes halogenated alkanes) is 2. The Morgan fingerprint density at radius 3 is 2.04 bits per heavy atom. The first-order valence-corrected chi connectivity index (χ1v) is 23.3. The lowest BCUT2D eigenvalue weighted by Gasteiger charge is -2.16. The molecule has 0 aliphatic carbocycles. The average molecular weight is 940 g/mol. The molecule has 0 saturated carbocycles. The van der Waals surface area contributed by atoms with Crippen molar-refractivity contribution in [2.24, 2.45) is 4.99 Å². The molecule has 0 radical (unpaired) electrons. The molecule has 14 nitrogen and oxygen atoms in total. The van der Waals surface area contributed by atoms with Crippen molar-refractivity contribution < 1.29 is 48.3 Å². The molecule has 0 atom stereocenters. The number of carboxylic acids is 1. The van der Waals surface area contributed by atoms with Gasteiger partial charge in [0.25, 0.3) is 5.91 Å². The molecule has 0 aliphatic heterocycles. The Hall–Kier alpha value is -7.04. The number of carboxylic acid groups (broad SMARTS) is 1. The highest BCUT2D eigenvalue weighted by Crippen LogP contribution is 2.31. The van der Waals surface area contributed by atoms with Crippen LogP contribution in [0.25, 0.3) is 22.4 Å². The summed E-state index contributed by atoms with van der Waals surface area (Å²) in [4.78, 5) is 46.7. The van der Waals surface area contributed by atoms with Gasteiger partial charge in [-0.05, 0) is 91.6 Å². The zero-order valence-electron chi connectivity index (χ0n) is 37.7. The van der Waals surface area contributed by atoms with E-state index >= 15 is 0 Å². The molecule has 3 N–H and O–H groups in total. The van der Waals surface area contributed by atoms with Gasteiger partial charge in [-0.3, -0.25) is 24.4 Å². The number of amides is 2. The number of nitrogens with zero attached hydrogens (tertiary/aromatic N) is 2. The van der Waals surface area contributed by atoms with E-state index in [1.807, 2.05) is 97.1 Å². The second-order valence-electron chi connectivity index (χ2n) is 15.5. The number of benzene rings is 5. The predicted molar refractivity (Wildman–Crippen MR) is 259 cm³/mol. The molecule has 68 heavy (non-hydrogen) atoms. The Morgan fingerprint density at radius 2 is 1.32 bits per heavy atom. The maximum atomic E-state index is 12.7. The molecule has 0 aliphatic rings. The average Bonchev–Trinajstić information content (AvgIpc) is 3.37. The third-order valence-electron chi connectivity index (χ3n) is 10.5. The fourth-order valence-electron chi connectivity index (χ4n) is 7.02. The summed E-state index contributed by atoms with van der Waals surface area (Å²) in [6.45, 7) is 2.37. The maximum absolute atomic E-state index is 12.7. The number of carbonyl (C=O) groups is 3. The van der Waals surface area contributed by atoms with Gasteiger partial charge in [0.05, 0.1) is 44.1 Å². The fourth-order valence-corrected chi connectivity index (χ4v) is 7.47. The molecule has 15 heteroatoms. The number of aliphatic imine (C=N–C) groups is 1. The van der Waals surface area contributed by atoms with E-state index in [4.69, 9.17) is 19.2 Å². The molecule has 5 aromatic carbocycles. The summed E-state index contributed by atoms with van der Waals surface area (Å²) in [5.41, 5.74) is 6.86. The smallest absolute Gasteiger partial charge is 0.303 e. The van der Waals surface area contributed by atoms with Crippen LogP contribution in [0.1, 0.15) is 72.0 Å². The van der Waals surface area contributed by atoms with Crippen LogP contribution in [0.5, 0.6) is 17.4 Å². The number of hydrogen-bond acceptors (Lipinski definition) is 12. The van der Waals surface area contributed by atoms with E-state index in [-0.39, 0.29) is 37.7 Å². The number of hydrogen-bond donors (Lipinski definition) is 3. The lowest BCUT2D eigenvalue weighted by Crippen LogP contribution is -2.30. The van der Waals surface area contributed by atoms with E-state index in [0.29, 0.717) is 79.1 Å². The number of aromatic nitrogens is 1. The van der Waals surface area contributed by atoms with Gasteiger partial charge in [-0.25, -0.2) is 4.98 Å². The van der Waals surface area contributed by atoms with Crippen LogP contribution in [0.2, 0.25) is 0 Å². The van der Waals surface area contributed by atoms with E-state index in [9.17, 15) is 24.7 Å². The van der Waals surface area contributed by atoms with Crippen LogP contribution in [0.15, 0.2) is 149 Å². The molecule has 6 aromatic rings. The maximum Gasteiger partial charge on any atom is 0.303 e. The van der Waals surface area contributed by atoms with Gasteiger partial charge in [0.15, 0.2) is 0 Å². The molecule has 0 saturated heterocycles. The Morgan fingerprint density at radius 1 is 0.662 bits per heavy atom. The van der Waals surface area contributed by atoms with Crippen molar-refractivity contribution in [1.29, 1.82) is 0 Å². The number of pyridine rings is 1. The summed E-state index contributed by atoms with van der Waals surface area (Å²) in [5, 5.41) is 28.8. The molecular formula is C53H55N4O10S-. The molecule has 354 valence electrons. The van der Waals surface area contributed by atoms with Crippen LogP contribution in [0.3, 0.4) is 0 Å². The molecular weight excluding hydrogens is 885 g/mol. The minimum absolute atomic E-state index is 0.0823. The minimum Gasteiger partial charge on any atom is -0.691 e. The van der Waals surface area contributed by atoms with E-state index < -0.39 is 5.97 Å². The molecule has 1 aromatic heterocycles. The Labute approximate surface area is 400 Å². The topological polar surface area (TPSA) is 190 Å². The van der Waals surface area contributed by atoms with Gasteiger partial charge in [-0.2, -0.15) is 4.33 Å². The number of nitrogens with one attached hydrogen (secondary N) is 2. The van der Waals surface area contributed by atoms with Crippen molar-refractivity contribution in [1.82, 2.24) is 15.6 Å². The lowest BCUT2D eigenvalue weighted by atomic mass is 10.0. The van der Waals surface area contributed by atoms with Crippen LogP contribution >= 0.6 is 12.0 Å². The fraction of sp³-hybridized carbons (Fsp3) is 0.264. The van der Waals surface area contributed by atoms with Crippen LogP contribution in [0.4, 0.5) is 0 Å². The van der Waals surface area contributed by atoms with Crippen LogP contribution in [0, 0.1) is 0 Å². The second kappa shape index (κ2) is 28.2. The number of rotatable bonds is 29. The third kappa shape index (κ3) is 17.0. The monoisotopic (exact) mass is 939 g/mol. The number of carbonyl (C=O) groups excluding carboxylic acids is 2. The van der Waals surface area contributed by atoms with Crippen LogP contribution in [-0.4, -0.2) is 67.0 Å². The number of aliphatic carboxylic acids is 1. The summed E-state index contributed by atoms with van der Waals surface area (Å²) in [7, 11) is 0. The Bertz CT molecular complexity index is 2470. The third-order valence-corrected chi connectivity index (χ3v) is 11.2. The van der Waals surface area contributed by atoms with Crippen molar-refractivity contribution in [3.8, 4) is 39.8 Å². The summed E-state index contributed by atoms with van der Waals surface area (Å²) in [6, 6.07) is 44.1. The first-order valence-electron chi connectivity index (χ1n) is 22.6. The largest absolute Gasteiger partial charge is 0.691 e. The zero-order valence-corrected chi connectivity index (χ0v) is 38.5. The van der Waals surface area contributed by atoms with Gasteiger partial charge >= 0.3 is 5.97 Å². The second-order valence-corrected chi connectivity index (χ2v) is 16.3. The van der Waals surface area contributed by atoms with E-state index in [1.54, 1.807) is 30.5 Å². The highest BCUT2D eigenvalue weighted by atomic mass is 32.2. The molecule has 0 bridgehead atoms. The van der Waals surface area contributed by atoms with Crippen LogP contribution in [-0.2, 0) is 31.9 Å². The predicted octanol–water partition coefficient (Wildman–Crippen LogP) is 9.01.